The van der Waals surface area contributed by atoms with Crippen LogP contribution in [0.1, 0.15) is 118 Å². The zero-order valence-electron chi connectivity index (χ0n) is 36.2. The van der Waals surface area contributed by atoms with E-state index in [4.69, 9.17) is 20.4 Å². The van der Waals surface area contributed by atoms with Crippen molar-refractivity contribution in [1.29, 1.82) is 0 Å². The zero-order chi connectivity index (χ0) is 47.1. The third kappa shape index (κ3) is 21.1. The molecule has 63 heavy (non-hydrogen) atoms. The van der Waals surface area contributed by atoms with Gasteiger partial charge in [-0.3, -0.25) is 77.1 Å². The van der Waals surface area contributed by atoms with Crippen LogP contribution in [0.3, 0.4) is 0 Å². The van der Waals surface area contributed by atoms with Gasteiger partial charge in [-0.1, -0.05) is 12.8 Å². The number of hydrogen-bond acceptors (Lipinski definition) is 12. The molecule has 4 aliphatic rings. The molecule has 0 aromatic heterocycles. The first-order chi connectivity index (χ1) is 29.1. The third-order valence-electron chi connectivity index (χ3n) is 9.34. The monoisotopic (exact) mass is 936 g/mol. The first-order valence-corrected chi connectivity index (χ1v) is 20.1. The summed E-state index contributed by atoms with van der Waals surface area (Å²) < 4.78 is 0. The van der Waals surface area contributed by atoms with E-state index in [2.05, 4.69) is 0 Å². The van der Waals surface area contributed by atoms with Gasteiger partial charge in [0, 0.05) is 118 Å². The molecule has 4 aliphatic heterocycles. The quantitative estimate of drug-likeness (QED) is 0.0689. The number of carboxylic acid groups (broad SMARTS) is 4. The van der Waals surface area contributed by atoms with Crippen LogP contribution in [0.25, 0.3) is 0 Å². The molecule has 0 saturated carbocycles. The van der Waals surface area contributed by atoms with Crippen molar-refractivity contribution in [3.05, 3.63) is 46.6 Å². The Kier molecular flexibility index (Phi) is 26.6. The minimum atomic E-state index is -0.858. The van der Waals surface area contributed by atoms with Crippen molar-refractivity contribution in [1.82, 2.24) is 19.6 Å². The van der Waals surface area contributed by atoms with Gasteiger partial charge in [0.05, 0.1) is 0 Å². The molecule has 20 nitrogen and oxygen atoms in total. The van der Waals surface area contributed by atoms with E-state index in [1.54, 1.807) is 27.7 Å². The molecule has 0 aromatic rings. The number of aliphatic carboxylic acids is 4. The number of carbonyl (C=O) groups is 12. The van der Waals surface area contributed by atoms with Crippen LogP contribution < -0.4 is 0 Å². The third-order valence-corrected chi connectivity index (χ3v) is 9.34. The van der Waals surface area contributed by atoms with E-state index in [-0.39, 0.29) is 92.4 Å². The molecule has 0 aliphatic carbocycles. The summed E-state index contributed by atoms with van der Waals surface area (Å²) in [7, 11) is 0. The molecule has 21 heteroatoms. The van der Waals surface area contributed by atoms with E-state index in [1.165, 1.54) is 34.1 Å². The zero-order valence-corrected chi connectivity index (χ0v) is 39.2. The van der Waals surface area contributed by atoms with Crippen molar-refractivity contribution in [2.24, 2.45) is 0 Å². The number of carbonyl (C=O) groups excluding carboxylic acids is 8. The van der Waals surface area contributed by atoms with Crippen LogP contribution in [0, 0.1) is 0 Å². The molecule has 0 spiro atoms. The van der Waals surface area contributed by atoms with E-state index in [0.29, 0.717) is 113 Å². The van der Waals surface area contributed by atoms with E-state index < -0.39 is 23.9 Å². The fourth-order valence-electron chi connectivity index (χ4n) is 5.94. The van der Waals surface area contributed by atoms with E-state index >= 15 is 0 Å². The molecule has 342 valence electrons. The first kappa shape index (κ1) is 57.0. The summed E-state index contributed by atoms with van der Waals surface area (Å²) in [6.45, 7) is 7.79. The number of hydrogen-bond donors (Lipinski definition) is 4. The second-order valence-electron chi connectivity index (χ2n) is 14.6. The second kappa shape index (κ2) is 29.3. The predicted molar refractivity (Wildman–Crippen MR) is 217 cm³/mol. The van der Waals surface area contributed by atoms with Crippen molar-refractivity contribution in [2.45, 2.75) is 118 Å². The van der Waals surface area contributed by atoms with Gasteiger partial charge in [-0.2, -0.15) is 0 Å². The minimum absolute atomic E-state index is 0. The Morgan fingerprint density at radius 1 is 0.349 bits per heavy atom. The average molecular weight is 938 g/mol. The van der Waals surface area contributed by atoms with Crippen LogP contribution >= 0.6 is 0 Å². The Balaban J connectivity index is 0.000000810. The Hall–Kier alpha value is -5.98. The summed E-state index contributed by atoms with van der Waals surface area (Å²) in [6.07, 6.45) is 11.6. The van der Waals surface area contributed by atoms with Gasteiger partial charge in [-0.05, 0) is 79.1 Å². The van der Waals surface area contributed by atoms with Gasteiger partial charge >= 0.3 is 23.9 Å². The first-order valence-electron chi connectivity index (χ1n) is 20.1. The maximum Gasteiger partial charge on any atom is 0.303 e. The summed E-state index contributed by atoms with van der Waals surface area (Å²) in [5, 5.41) is 33.6. The molecule has 4 rings (SSSR count). The van der Waals surface area contributed by atoms with E-state index in [0.717, 1.165) is 9.80 Å². The number of imide groups is 4. The number of carboxylic acids is 4. The van der Waals surface area contributed by atoms with Crippen molar-refractivity contribution < 1.29 is 97.4 Å². The molecular formula is C42H56N4O16Zn. The Morgan fingerprint density at radius 2 is 0.524 bits per heavy atom. The maximum absolute atomic E-state index is 11.4. The fourth-order valence-corrected chi connectivity index (χ4v) is 5.94. The van der Waals surface area contributed by atoms with Gasteiger partial charge in [-0.15, -0.1) is 0 Å². The Morgan fingerprint density at radius 3 is 0.683 bits per heavy atom. The number of amides is 8. The molecule has 0 aromatic carbocycles. The summed E-state index contributed by atoms with van der Waals surface area (Å²) in [5.41, 5.74) is 1.82. The van der Waals surface area contributed by atoms with Crippen LogP contribution in [-0.2, 0) is 77.0 Å². The van der Waals surface area contributed by atoms with Crippen molar-refractivity contribution in [3.8, 4) is 0 Å². The van der Waals surface area contributed by atoms with Gasteiger partial charge in [-0.25, -0.2) is 0 Å². The van der Waals surface area contributed by atoms with Gasteiger partial charge in [0.15, 0.2) is 0 Å². The molecule has 0 atom stereocenters. The maximum atomic E-state index is 11.4. The summed E-state index contributed by atoms with van der Waals surface area (Å²) in [5.74, 6) is -5.47. The molecule has 4 N–H and O–H groups in total. The van der Waals surface area contributed by atoms with Gasteiger partial charge in [0.2, 0.25) is 0 Å². The van der Waals surface area contributed by atoms with Crippen molar-refractivity contribution in [3.63, 3.8) is 0 Å². The smallest absolute Gasteiger partial charge is 0.303 e. The normalized spacial score (nSPS) is 15.4. The van der Waals surface area contributed by atoms with Gasteiger partial charge in [0.25, 0.3) is 47.3 Å². The van der Waals surface area contributed by atoms with Crippen LogP contribution in [0.4, 0.5) is 0 Å². The molecule has 0 bridgehead atoms. The number of unbranched alkanes of at least 4 members (excludes halogenated alkanes) is 6. The van der Waals surface area contributed by atoms with Crippen LogP contribution in [0.15, 0.2) is 46.6 Å². The molecule has 0 radical (unpaired) electrons. The van der Waals surface area contributed by atoms with Gasteiger partial charge in [0.1, 0.15) is 0 Å². The molecular weight excluding hydrogens is 882 g/mol. The van der Waals surface area contributed by atoms with E-state index in [9.17, 15) is 57.5 Å². The van der Waals surface area contributed by atoms with Crippen LogP contribution in [0.5, 0.6) is 0 Å². The van der Waals surface area contributed by atoms with Crippen LogP contribution in [0.2, 0.25) is 0 Å². The van der Waals surface area contributed by atoms with Crippen molar-refractivity contribution >= 4 is 71.1 Å². The fraction of sp³-hybridized carbons (Fsp3) is 0.524. The van der Waals surface area contributed by atoms with E-state index in [1.807, 2.05) is 0 Å². The summed E-state index contributed by atoms with van der Waals surface area (Å²) in [4.78, 5) is 136. The standard InChI is InChI=1S/2C11H15NO4.2C10H13NO4.Zn/c2*1-8-7-9(13)12(11(8)16)6-4-2-3-5-10(14)15;2*1-7-6-8(12)11(10(7)15)5-3-2-4-9(13)14;/h2*7H,2-6H2,1H3,(H,14,15);2*6H,2-5H2,1H3,(H,13,14);. The predicted octanol–water partition coefficient (Wildman–Crippen LogP) is 3.00. The molecule has 0 fully saturated rings. The number of rotatable bonds is 22. The summed E-state index contributed by atoms with van der Waals surface area (Å²) >= 11 is 0. The second-order valence-corrected chi connectivity index (χ2v) is 14.6. The Labute approximate surface area is 377 Å². The summed E-state index contributed by atoms with van der Waals surface area (Å²) in [6, 6.07) is 0. The minimum Gasteiger partial charge on any atom is -0.481 e. The number of nitrogens with zero attached hydrogens (tertiary/aromatic N) is 4. The largest absolute Gasteiger partial charge is 0.481 e. The molecule has 0 unspecified atom stereocenters. The topological polar surface area (TPSA) is 299 Å². The molecule has 0 saturated heterocycles. The average Bonchev–Trinajstić information content (AvgIpc) is 3.78. The van der Waals surface area contributed by atoms with Crippen LogP contribution in [-0.4, -0.2) is 137 Å². The van der Waals surface area contributed by atoms with Gasteiger partial charge < -0.3 is 20.4 Å². The SMILES string of the molecule is CC1=CC(=O)N(CCCCC(=O)O)C1=O.CC1=CC(=O)N(CCCCC(=O)O)C1=O.CC1=CC(=O)N(CCCCCC(=O)O)C1=O.CC1=CC(=O)N(CCCCCC(=O)O)C1=O.[Zn]. The molecule has 4 heterocycles. The Bertz CT molecular complexity index is 1770. The molecule has 8 amide bonds. The van der Waals surface area contributed by atoms with Crippen molar-refractivity contribution in [2.75, 3.05) is 26.2 Å².